The Morgan fingerprint density at radius 3 is 2.70 bits per heavy atom. The average Bonchev–Trinajstić information content (AvgIpc) is 2.39. The normalized spacial score (nSPS) is 10.2. The van der Waals surface area contributed by atoms with Gasteiger partial charge >= 0.3 is 0 Å². The number of halogens is 2. The first-order valence-electron chi connectivity index (χ1n) is 5.70. The van der Waals surface area contributed by atoms with E-state index in [1.165, 1.54) is 7.11 Å². The Hall–Kier alpha value is -1.72. The summed E-state index contributed by atoms with van der Waals surface area (Å²) in [5.41, 5.74) is 7.28. The number of anilines is 2. The number of rotatable bonds is 3. The lowest BCUT2D eigenvalue weighted by Gasteiger charge is -2.09. The van der Waals surface area contributed by atoms with Gasteiger partial charge in [-0.25, -0.2) is 0 Å². The summed E-state index contributed by atoms with van der Waals surface area (Å²) < 4.78 is 5.85. The standard InChI is InChI=1S/C14H12BrClN2O2/c1-20-13-7-11(2-3-12(13)16)18-14(19)8-4-9(15)6-10(17)5-8/h2-7H,17H2,1H3,(H,18,19). The molecule has 2 aromatic rings. The molecule has 0 aliphatic rings. The fourth-order valence-corrected chi connectivity index (χ4v) is 2.39. The minimum absolute atomic E-state index is 0.262. The molecule has 0 aromatic heterocycles. The quantitative estimate of drug-likeness (QED) is 0.820. The van der Waals surface area contributed by atoms with Crippen LogP contribution in [-0.4, -0.2) is 13.0 Å². The van der Waals surface area contributed by atoms with Crippen LogP contribution in [0.2, 0.25) is 5.02 Å². The summed E-state index contributed by atoms with van der Waals surface area (Å²) in [7, 11) is 1.52. The predicted molar refractivity (Wildman–Crippen MR) is 84.5 cm³/mol. The molecule has 0 spiro atoms. The Balaban J connectivity index is 2.23. The number of nitrogens with one attached hydrogen (secondary N) is 1. The summed E-state index contributed by atoms with van der Waals surface area (Å²) in [6.07, 6.45) is 0. The second-order valence-corrected chi connectivity index (χ2v) is 5.40. The third-order valence-electron chi connectivity index (χ3n) is 2.59. The molecule has 0 aliphatic carbocycles. The Morgan fingerprint density at radius 1 is 1.30 bits per heavy atom. The highest BCUT2D eigenvalue weighted by Crippen LogP contribution is 2.27. The van der Waals surface area contributed by atoms with Gasteiger partial charge in [0.1, 0.15) is 5.75 Å². The van der Waals surface area contributed by atoms with Gasteiger partial charge in [0, 0.05) is 27.5 Å². The highest BCUT2D eigenvalue weighted by molar-refractivity contribution is 9.10. The molecule has 1 amide bonds. The van der Waals surface area contributed by atoms with Crippen molar-refractivity contribution >= 4 is 44.8 Å². The second kappa shape index (κ2) is 6.15. The number of methoxy groups -OCH3 is 1. The molecular formula is C14H12BrClN2O2. The van der Waals surface area contributed by atoms with Crippen molar-refractivity contribution in [3.05, 3.63) is 51.5 Å². The van der Waals surface area contributed by atoms with Crippen molar-refractivity contribution in [1.82, 2.24) is 0 Å². The molecule has 0 fully saturated rings. The average molecular weight is 356 g/mol. The van der Waals surface area contributed by atoms with Crippen LogP contribution in [0.4, 0.5) is 11.4 Å². The highest BCUT2D eigenvalue weighted by atomic mass is 79.9. The number of carbonyl (C=O) groups excluding carboxylic acids is 1. The van der Waals surface area contributed by atoms with Gasteiger partial charge in [-0.3, -0.25) is 4.79 Å². The van der Waals surface area contributed by atoms with E-state index < -0.39 is 0 Å². The van der Waals surface area contributed by atoms with Gasteiger partial charge in [0.25, 0.3) is 5.91 Å². The zero-order valence-corrected chi connectivity index (χ0v) is 13.0. The van der Waals surface area contributed by atoms with Gasteiger partial charge in [0.05, 0.1) is 12.1 Å². The van der Waals surface area contributed by atoms with E-state index in [4.69, 9.17) is 22.1 Å². The van der Waals surface area contributed by atoms with Crippen LogP contribution in [0.5, 0.6) is 5.75 Å². The van der Waals surface area contributed by atoms with E-state index in [9.17, 15) is 4.79 Å². The molecule has 4 nitrogen and oxygen atoms in total. The maximum atomic E-state index is 12.1. The van der Waals surface area contributed by atoms with Gasteiger partial charge in [0.15, 0.2) is 0 Å². The molecular weight excluding hydrogens is 344 g/mol. The van der Waals surface area contributed by atoms with E-state index in [-0.39, 0.29) is 5.91 Å². The third-order valence-corrected chi connectivity index (χ3v) is 3.36. The van der Waals surface area contributed by atoms with Gasteiger partial charge in [-0.05, 0) is 30.3 Å². The van der Waals surface area contributed by atoms with Crippen LogP contribution in [0.1, 0.15) is 10.4 Å². The van der Waals surface area contributed by atoms with Crippen molar-refractivity contribution in [3.63, 3.8) is 0 Å². The van der Waals surface area contributed by atoms with Crippen LogP contribution in [0.15, 0.2) is 40.9 Å². The molecule has 0 saturated carbocycles. The SMILES string of the molecule is COc1cc(NC(=O)c2cc(N)cc(Br)c2)ccc1Cl. The van der Waals surface area contributed by atoms with E-state index in [2.05, 4.69) is 21.2 Å². The zero-order chi connectivity index (χ0) is 14.7. The molecule has 0 bridgehead atoms. The van der Waals surface area contributed by atoms with E-state index >= 15 is 0 Å². The molecule has 2 rings (SSSR count). The molecule has 6 heteroatoms. The molecule has 0 atom stereocenters. The monoisotopic (exact) mass is 354 g/mol. The van der Waals surface area contributed by atoms with Gasteiger partial charge in [-0.15, -0.1) is 0 Å². The minimum Gasteiger partial charge on any atom is -0.495 e. The Kier molecular flexibility index (Phi) is 4.52. The summed E-state index contributed by atoms with van der Waals surface area (Å²) in [5.74, 6) is 0.237. The maximum absolute atomic E-state index is 12.1. The highest BCUT2D eigenvalue weighted by Gasteiger charge is 2.09. The molecule has 0 saturated heterocycles. The molecule has 104 valence electrons. The number of nitrogen functional groups attached to an aromatic ring is 1. The molecule has 0 radical (unpaired) electrons. The first-order valence-corrected chi connectivity index (χ1v) is 6.87. The van der Waals surface area contributed by atoms with Crippen molar-refractivity contribution in [2.45, 2.75) is 0 Å². The summed E-state index contributed by atoms with van der Waals surface area (Å²) in [5, 5.41) is 3.24. The van der Waals surface area contributed by atoms with E-state index in [0.717, 1.165) is 4.47 Å². The topological polar surface area (TPSA) is 64.3 Å². The van der Waals surface area contributed by atoms with Crippen LogP contribution in [-0.2, 0) is 0 Å². The Morgan fingerprint density at radius 2 is 2.05 bits per heavy atom. The predicted octanol–water partition coefficient (Wildman–Crippen LogP) is 3.95. The lowest BCUT2D eigenvalue weighted by atomic mass is 10.2. The summed E-state index contributed by atoms with van der Waals surface area (Å²) >= 11 is 9.23. The van der Waals surface area contributed by atoms with E-state index in [1.807, 2.05) is 0 Å². The first-order chi connectivity index (χ1) is 9.49. The number of ether oxygens (including phenoxy) is 1. The summed E-state index contributed by atoms with van der Waals surface area (Å²) in [4.78, 5) is 12.1. The number of hydrogen-bond acceptors (Lipinski definition) is 3. The first kappa shape index (κ1) is 14.7. The third kappa shape index (κ3) is 3.43. The van der Waals surface area contributed by atoms with Crippen molar-refractivity contribution in [2.75, 3.05) is 18.2 Å². The molecule has 0 heterocycles. The van der Waals surface area contributed by atoms with Crippen molar-refractivity contribution in [1.29, 1.82) is 0 Å². The molecule has 0 unspecified atom stereocenters. The molecule has 2 aromatic carbocycles. The zero-order valence-electron chi connectivity index (χ0n) is 10.6. The smallest absolute Gasteiger partial charge is 0.255 e. The largest absolute Gasteiger partial charge is 0.495 e. The molecule has 0 aliphatic heterocycles. The van der Waals surface area contributed by atoms with Gasteiger partial charge in [0.2, 0.25) is 0 Å². The summed E-state index contributed by atoms with van der Waals surface area (Å²) in [6, 6.07) is 10.0. The fraction of sp³-hybridized carbons (Fsp3) is 0.0714. The van der Waals surface area contributed by atoms with Crippen LogP contribution >= 0.6 is 27.5 Å². The van der Waals surface area contributed by atoms with Gasteiger partial charge in [-0.2, -0.15) is 0 Å². The van der Waals surface area contributed by atoms with Crippen molar-refractivity contribution < 1.29 is 9.53 Å². The van der Waals surface area contributed by atoms with E-state index in [0.29, 0.717) is 27.7 Å². The number of amides is 1. The fourth-order valence-electron chi connectivity index (χ4n) is 1.68. The number of benzene rings is 2. The Bertz CT molecular complexity index is 641. The summed E-state index contributed by atoms with van der Waals surface area (Å²) in [6.45, 7) is 0. The molecule has 3 N–H and O–H groups in total. The maximum Gasteiger partial charge on any atom is 0.255 e. The number of carbonyl (C=O) groups is 1. The molecule has 20 heavy (non-hydrogen) atoms. The van der Waals surface area contributed by atoms with E-state index in [1.54, 1.807) is 36.4 Å². The number of nitrogens with two attached hydrogens (primary N) is 1. The van der Waals surface area contributed by atoms with Gasteiger partial charge < -0.3 is 15.8 Å². The minimum atomic E-state index is -0.262. The van der Waals surface area contributed by atoms with Crippen molar-refractivity contribution in [2.24, 2.45) is 0 Å². The van der Waals surface area contributed by atoms with Crippen molar-refractivity contribution in [3.8, 4) is 5.75 Å². The van der Waals surface area contributed by atoms with Crippen LogP contribution in [0.25, 0.3) is 0 Å². The van der Waals surface area contributed by atoms with Crippen LogP contribution < -0.4 is 15.8 Å². The van der Waals surface area contributed by atoms with Crippen LogP contribution in [0, 0.1) is 0 Å². The second-order valence-electron chi connectivity index (χ2n) is 4.08. The Labute approximate surface area is 130 Å². The van der Waals surface area contributed by atoms with Crippen LogP contribution in [0.3, 0.4) is 0 Å². The van der Waals surface area contributed by atoms with Gasteiger partial charge in [-0.1, -0.05) is 27.5 Å². The number of hydrogen-bond donors (Lipinski definition) is 2. The lowest BCUT2D eigenvalue weighted by molar-refractivity contribution is 0.102. The lowest BCUT2D eigenvalue weighted by Crippen LogP contribution is -2.12.